The molecule has 1 aliphatic rings. The molecule has 1 aromatic rings. The highest BCUT2D eigenvalue weighted by molar-refractivity contribution is 7.90. The van der Waals surface area contributed by atoms with Crippen molar-refractivity contribution in [1.29, 1.82) is 0 Å². The van der Waals surface area contributed by atoms with Gasteiger partial charge in [0.25, 0.3) is 0 Å². The summed E-state index contributed by atoms with van der Waals surface area (Å²) in [6, 6.07) is 7.02. The molecule has 3 N–H and O–H groups in total. The summed E-state index contributed by atoms with van der Waals surface area (Å²) in [5.41, 5.74) is 1.67. The normalized spacial score (nSPS) is 19.7. The fraction of sp³-hybridized carbons (Fsp3) is 0.579. The smallest absolute Gasteiger partial charge is 0.319 e. The number of sulfonamides is 1. The van der Waals surface area contributed by atoms with Crippen LogP contribution in [0.2, 0.25) is 0 Å². The number of benzene rings is 1. The summed E-state index contributed by atoms with van der Waals surface area (Å²) in [5, 5.41) is 4.52. The number of hydrogen-bond acceptors (Lipinski definition) is 6. The SMILES string of the molecule is CC(C)S(=O)(=O)NC(=O)CCNC(=O)Nc1ccc(N2C[C@@H](C)O[C@@H](C)C2)cc1. The number of ether oxygens (including phenoxy) is 1. The van der Waals surface area contributed by atoms with Crippen molar-refractivity contribution >= 4 is 33.3 Å². The number of carbonyl (C=O) groups is 2. The molecule has 1 aromatic carbocycles. The molecule has 29 heavy (non-hydrogen) atoms. The number of carbonyl (C=O) groups excluding carboxylic acids is 2. The zero-order chi connectivity index (χ0) is 21.6. The van der Waals surface area contributed by atoms with Gasteiger partial charge in [0.15, 0.2) is 0 Å². The van der Waals surface area contributed by atoms with Crippen LogP contribution in [0.3, 0.4) is 0 Å². The summed E-state index contributed by atoms with van der Waals surface area (Å²) in [6.07, 6.45) is 0.191. The molecule has 1 fully saturated rings. The average Bonchev–Trinajstić information content (AvgIpc) is 2.61. The summed E-state index contributed by atoms with van der Waals surface area (Å²) in [7, 11) is -3.66. The molecule has 162 valence electrons. The lowest BCUT2D eigenvalue weighted by Crippen LogP contribution is -2.45. The van der Waals surface area contributed by atoms with Gasteiger partial charge in [-0.15, -0.1) is 0 Å². The molecular weight excluding hydrogens is 396 g/mol. The Morgan fingerprint density at radius 3 is 2.28 bits per heavy atom. The quantitative estimate of drug-likeness (QED) is 0.611. The van der Waals surface area contributed by atoms with E-state index >= 15 is 0 Å². The molecule has 1 saturated heterocycles. The Morgan fingerprint density at radius 2 is 1.72 bits per heavy atom. The standard InChI is InChI=1S/C19H30N4O5S/c1-13(2)29(26,27)22-18(24)9-10-20-19(25)21-16-5-7-17(8-6-16)23-11-14(3)28-15(4)12-23/h5-8,13-15H,9-12H2,1-4H3,(H,22,24)(H2,20,21,25)/t14-,15+. The van der Waals surface area contributed by atoms with Gasteiger partial charge in [0.2, 0.25) is 15.9 Å². The highest BCUT2D eigenvalue weighted by Crippen LogP contribution is 2.22. The first-order chi connectivity index (χ1) is 13.6. The number of nitrogens with one attached hydrogen (secondary N) is 3. The van der Waals surface area contributed by atoms with Gasteiger partial charge >= 0.3 is 6.03 Å². The van der Waals surface area contributed by atoms with Crippen molar-refractivity contribution in [1.82, 2.24) is 10.0 Å². The van der Waals surface area contributed by atoms with Gasteiger partial charge in [-0.25, -0.2) is 13.2 Å². The van der Waals surface area contributed by atoms with Gasteiger partial charge in [0.1, 0.15) is 0 Å². The van der Waals surface area contributed by atoms with Gasteiger partial charge in [0.05, 0.1) is 17.5 Å². The van der Waals surface area contributed by atoms with Gasteiger partial charge in [-0.2, -0.15) is 0 Å². The van der Waals surface area contributed by atoms with E-state index in [4.69, 9.17) is 4.74 Å². The molecule has 2 rings (SSSR count). The molecule has 1 heterocycles. The highest BCUT2D eigenvalue weighted by atomic mass is 32.2. The van der Waals surface area contributed by atoms with Crippen LogP contribution in [0.25, 0.3) is 0 Å². The Morgan fingerprint density at radius 1 is 1.14 bits per heavy atom. The molecule has 3 amide bonds. The minimum atomic E-state index is -3.66. The van der Waals surface area contributed by atoms with Gasteiger partial charge in [-0.1, -0.05) is 0 Å². The molecule has 9 nitrogen and oxygen atoms in total. The molecule has 0 unspecified atom stereocenters. The van der Waals surface area contributed by atoms with E-state index in [1.165, 1.54) is 13.8 Å². The van der Waals surface area contributed by atoms with Crippen LogP contribution in [0.4, 0.5) is 16.2 Å². The number of urea groups is 1. The monoisotopic (exact) mass is 426 g/mol. The topological polar surface area (TPSA) is 117 Å². The van der Waals surface area contributed by atoms with E-state index in [9.17, 15) is 18.0 Å². The first kappa shape index (κ1) is 23.0. The Hall–Kier alpha value is -2.33. The predicted octanol–water partition coefficient (Wildman–Crippen LogP) is 1.67. The minimum absolute atomic E-state index is 0.0208. The van der Waals surface area contributed by atoms with E-state index in [0.717, 1.165) is 18.8 Å². The van der Waals surface area contributed by atoms with E-state index < -0.39 is 27.2 Å². The largest absolute Gasteiger partial charge is 0.372 e. The third kappa shape index (κ3) is 7.21. The molecule has 0 radical (unpaired) electrons. The lowest BCUT2D eigenvalue weighted by Gasteiger charge is -2.36. The number of amides is 3. The van der Waals surface area contributed by atoms with E-state index in [2.05, 4.69) is 15.5 Å². The van der Waals surface area contributed by atoms with E-state index in [-0.39, 0.29) is 25.2 Å². The molecule has 0 saturated carbocycles. The van der Waals surface area contributed by atoms with Crippen LogP contribution in [-0.4, -0.2) is 57.4 Å². The molecule has 0 bridgehead atoms. The van der Waals surface area contributed by atoms with Crippen LogP contribution in [-0.2, 0) is 19.6 Å². The second kappa shape index (κ2) is 9.93. The lowest BCUT2D eigenvalue weighted by atomic mass is 10.2. The molecule has 0 aliphatic carbocycles. The van der Waals surface area contributed by atoms with Crippen molar-refractivity contribution in [3.05, 3.63) is 24.3 Å². The van der Waals surface area contributed by atoms with Crippen LogP contribution in [0.15, 0.2) is 24.3 Å². The second-order valence-corrected chi connectivity index (χ2v) is 9.70. The fourth-order valence-corrected chi connectivity index (χ4v) is 3.59. The zero-order valence-electron chi connectivity index (χ0n) is 17.3. The maximum absolute atomic E-state index is 12.0. The first-order valence-corrected chi connectivity index (χ1v) is 11.2. The van der Waals surface area contributed by atoms with Crippen molar-refractivity contribution in [2.24, 2.45) is 0 Å². The Balaban J connectivity index is 1.77. The molecule has 1 aliphatic heterocycles. The van der Waals surface area contributed by atoms with Crippen LogP contribution in [0, 0.1) is 0 Å². The van der Waals surface area contributed by atoms with Crippen LogP contribution in [0.1, 0.15) is 34.1 Å². The Labute approximate surface area is 172 Å². The maximum atomic E-state index is 12.0. The molecule has 0 aromatic heterocycles. The molecule has 2 atom stereocenters. The minimum Gasteiger partial charge on any atom is -0.372 e. The summed E-state index contributed by atoms with van der Waals surface area (Å²) < 4.78 is 30.9. The van der Waals surface area contributed by atoms with Gasteiger partial charge in [-0.3, -0.25) is 9.52 Å². The Kier molecular flexibility index (Phi) is 7.86. The van der Waals surface area contributed by atoms with Crippen molar-refractivity contribution in [2.75, 3.05) is 29.9 Å². The first-order valence-electron chi connectivity index (χ1n) is 9.66. The molecule has 10 heteroatoms. The number of hydrogen-bond donors (Lipinski definition) is 3. The highest BCUT2D eigenvalue weighted by Gasteiger charge is 2.22. The summed E-state index contributed by atoms with van der Waals surface area (Å²) in [5.74, 6) is -0.655. The van der Waals surface area contributed by atoms with Gasteiger partial charge < -0.3 is 20.3 Å². The summed E-state index contributed by atoms with van der Waals surface area (Å²) in [4.78, 5) is 25.9. The maximum Gasteiger partial charge on any atom is 0.319 e. The van der Waals surface area contributed by atoms with Gasteiger partial charge in [0, 0.05) is 37.4 Å². The third-order valence-corrected chi connectivity index (χ3v) is 6.18. The van der Waals surface area contributed by atoms with E-state index in [1.807, 2.05) is 42.8 Å². The number of nitrogens with zero attached hydrogens (tertiary/aromatic N) is 1. The van der Waals surface area contributed by atoms with Crippen molar-refractivity contribution in [3.63, 3.8) is 0 Å². The lowest BCUT2D eigenvalue weighted by molar-refractivity contribution is -0.119. The van der Waals surface area contributed by atoms with Crippen molar-refractivity contribution in [3.8, 4) is 0 Å². The number of rotatable bonds is 7. The summed E-state index contributed by atoms with van der Waals surface area (Å²) >= 11 is 0. The summed E-state index contributed by atoms with van der Waals surface area (Å²) in [6.45, 7) is 8.69. The fourth-order valence-electron chi connectivity index (χ4n) is 2.94. The van der Waals surface area contributed by atoms with Gasteiger partial charge in [-0.05, 0) is 52.0 Å². The second-order valence-electron chi connectivity index (χ2n) is 7.46. The average molecular weight is 427 g/mol. The molecule has 0 spiro atoms. The van der Waals surface area contributed by atoms with Crippen LogP contribution >= 0.6 is 0 Å². The zero-order valence-corrected chi connectivity index (χ0v) is 18.1. The van der Waals surface area contributed by atoms with Crippen LogP contribution in [0.5, 0.6) is 0 Å². The number of morpholine rings is 1. The van der Waals surface area contributed by atoms with E-state index in [1.54, 1.807) is 0 Å². The Bertz CT molecular complexity index is 800. The van der Waals surface area contributed by atoms with E-state index in [0.29, 0.717) is 5.69 Å². The predicted molar refractivity (Wildman–Crippen MR) is 113 cm³/mol. The third-order valence-electron chi connectivity index (χ3n) is 4.42. The van der Waals surface area contributed by atoms with Crippen molar-refractivity contribution in [2.45, 2.75) is 51.6 Å². The number of anilines is 2. The molecular formula is C19H30N4O5S. The van der Waals surface area contributed by atoms with Crippen LogP contribution < -0.4 is 20.3 Å². The van der Waals surface area contributed by atoms with Crippen molar-refractivity contribution < 1.29 is 22.7 Å².